The molecule has 2 heteroatoms. The van der Waals surface area contributed by atoms with E-state index in [4.69, 9.17) is 5.11 Å². The molecule has 1 atom stereocenters. The maximum atomic E-state index is 8.81. The molecule has 0 fully saturated rings. The largest absolute Gasteiger partial charge is 0.395 e. The third-order valence-electron chi connectivity index (χ3n) is 2.22. The molecule has 0 aliphatic heterocycles. The standard InChI is InChI=1S/C10H17NO/c1-2-11(8-9-12)10-6-4-3-5-7-10/h3-6,10,12H,2,7-9H2,1H3. The summed E-state index contributed by atoms with van der Waals surface area (Å²) in [5, 5.41) is 8.81. The number of rotatable bonds is 4. The van der Waals surface area contributed by atoms with E-state index in [0.717, 1.165) is 19.5 Å². The molecule has 0 aromatic carbocycles. The fourth-order valence-electron chi connectivity index (χ4n) is 1.53. The topological polar surface area (TPSA) is 23.5 Å². The summed E-state index contributed by atoms with van der Waals surface area (Å²) >= 11 is 0. The van der Waals surface area contributed by atoms with Crippen molar-refractivity contribution in [3.05, 3.63) is 24.3 Å². The van der Waals surface area contributed by atoms with Crippen LogP contribution in [0.1, 0.15) is 13.3 Å². The highest BCUT2D eigenvalue weighted by molar-refractivity contribution is 5.13. The van der Waals surface area contributed by atoms with Crippen LogP contribution < -0.4 is 0 Å². The molecule has 0 spiro atoms. The van der Waals surface area contributed by atoms with Crippen molar-refractivity contribution in [3.8, 4) is 0 Å². The van der Waals surface area contributed by atoms with Crippen LogP contribution in [-0.4, -0.2) is 35.7 Å². The number of hydrogen-bond donors (Lipinski definition) is 1. The third-order valence-corrected chi connectivity index (χ3v) is 2.22. The molecule has 0 amide bonds. The molecule has 0 radical (unpaired) electrons. The van der Waals surface area contributed by atoms with Crippen LogP contribution in [0.15, 0.2) is 24.3 Å². The number of allylic oxidation sites excluding steroid dienone is 2. The van der Waals surface area contributed by atoms with Gasteiger partial charge in [0.1, 0.15) is 0 Å². The highest BCUT2D eigenvalue weighted by atomic mass is 16.3. The minimum absolute atomic E-state index is 0.252. The number of aliphatic hydroxyl groups excluding tert-OH is 1. The highest BCUT2D eigenvalue weighted by Gasteiger charge is 2.12. The second-order valence-corrected chi connectivity index (χ2v) is 2.97. The molecule has 1 aliphatic rings. The molecule has 0 saturated heterocycles. The van der Waals surface area contributed by atoms with Gasteiger partial charge < -0.3 is 5.11 Å². The lowest BCUT2D eigenvalue weighted by Crippen LogP contribution is -2.36. The SMILES string of the molecule is CCN(CCO)C1C=CC=CC1. The first-order valence-electron chi connectivity index (χ1n) is 4.56. The molecule has 2 nitrogen and oxygen atoms in total. The lowest BCUT2D eigenvalue weighted by Gasteiger charge is -2.27. The van der Waals surface area contributed by atoms with Gasteiger partial charge >= 0.3 is 0 Å². The second-order valence-electron chi connectivity index (χ2n) is 2.97. The van der Waals surface area contributed by atoms with Gasteiger partial charge in [0.2, 0.25) is 0 Å². The Morgan fingerprint density at radius 2 is 2.33 bits per heavy atom. The fourth-order valence-corrected chi connectivity index (χ4v) is 1.53. The zero-order valence-corrected chi connectivity index (χ0v) is 7.61. The molecule has 0 aromatic heterocycles. The Kier molecular flexibility index (Phi) is 4.05. The van der Waals surface area contributed by atoms with Crippen LogP contribution in [0.4, 0.5) is 0 Å². The summed E-state index contributed by atoms with van der Waals surface area (Å²) in [7, 11) is 0. The minimum Gasteiger partial charge on any atom is -0.395 e. The van der Waals surface area contributed by atoms with E-state index >= 15 is 0 Å². The summed E-state index contributed by atoms with van der Waals surface area (Å²) < 4.78 is 0. The van der Waals surface area contributed by atoms with E-state index in [1.165, 1.54) is 0 Å². The predicted molar refractivity (Wildman–Crippen MR) is 51.0 cm³/mol. The lowest BCUT2D eigenvalue weighted by molar-refractivity contribution is 0.177. The van der Waals surface area contributed by atoms with Crippen LogP contribution >= 0.6 is 0 Å². The third kappa shape index (κ3) is 2.47. The van der Waals surface area contributed by atoms with Gasteiger partial charge in [-0.15, -0.1) is 0 Å². The van der Waals surface area contributed by atoms with Crippen molar-refractivity contribution in [1.29, 1.82) is 0 Å². The molecular weight excluding hydrogens is 150 g/mol. The van der Waals surface area contributed by atoms with E-state index < -0.39 is 0 Å². The van der Waals surface area contributed by atoms with Gasteiger partial charge in [-0.05, 0) is 13.0 Å². The maximum absolute atomic E-state index is 8.81. The summed E-state index contributed by atoms with van der Waals surface area (Å²) in [6, 6.07) is 0.493. The van der Waals surface area contributed by atoms with E-state index in [2.05, 4.69) is 36.1 Å². The van der Waals surface area contributed by atoms with Crippen molar-refractivity contribution in [2.45, 2.75) is 19.4 Å². The number of nitrogens with zero attached hydrogens (tertiary/aromatic N) is 1. The Morgan fingerprint density at radius 3 is 2.83 bits per heavy atom. The van der Waals surface area contributed by atoms with Crippen LogP contribution in [0, 0.1) is 0 Å². The van der Waals surface area contributed by atoms with E-state index in [-0.39, 0.29) is 6.61 Å². The van der Waals surface area contributed by atoms with Crippen LogP contribution in [0.5, 0.6) is 0 Å². The van der Waals surface area contributed by atoms with Gasteiger partial charge in [-0.3, -0.25) is 4.90 Å². The Morgan fingerprint density at radius 1 is 1.50 bits per heavy atom. The molecule has 1 aliphatic carbocycles. The molecule has 1 unspecified atom stereocenters. The molecule has 0 bridgehead atoms. The van der Waals surface area contributed by atoms with Crippen molar-refractivity contribution in [1.82, 2.24) is 4.90 Å². The Labute approximate surface area is 74.2 Å². The smallest absolute Gasteiger partial charge is 0.0558 e. The molecule has 1 rings (SSSR count). The van der Waals surface area contributed by atoms with Gasteiger partial charge in [0.15, 0.2) is 0 Å². The summed E-state index contributed by atoms with van der Waals surface area (Å²) in [6.07, 6.45) is 9.59. The monoisotopic (exact) mass is 167 g/mol. The van der Waals surface area contributed by atoms with Crippen molar-refractivity contribution in [2.24, 2.45) is 0 Å². The van der Waals surface area contributed by atoms with Gasteiger partial charge in [-0.1, -0.05) is 31.2 Å². The average Bonchev–Trinajstić information content (AvgIpc) is 2.15. The Bertz CT molecular complexity index is 175. The molecule has 0 saturated carbocycles. The molecule has 1 N–H and O–H groups in total. The summed E-state index contributed by atoms with van der Waals surface area (Å²) in [5.74, 6) is 0. The normalized spacial score (nSPS) is 22.1. The summed E-state index contributed by atoms with van der Waals surface area (Å²) in [4.78, 5) is 2.28. The zero-order chi connectivity index (χ0) is 8.81. The van der Waals surface area contributed by atoms with Gasteiger partial charge in [0.05, 0.1) is 6.61 Å². The second kappa shape index (κ2) is 5.12. The zero-order valence-electron chi connectivity index (χ0n) is 7.61. The van der Waals surface area contributed by atoms with E-state index in [1.54, 1.807) is 0 Å². The van der Waals surface area contributed by atoms with Crippen LogP contribution in [0.3, 0.4) is 0 Å². The first-order valence-corrected chi connectivity index (χ1v) is 4.56. The minimum atomic E-state index is 0.252. The van der Waals surface area contributed by atoms with Gasteiger partial charge in [0.25, 0.3) is 0 Å². The van der Waals surface area contributed by atoms with Crippen molar-refractivity contribution in [3.63, 3.8) is 0 Å². The predicted octanol–water partition coefficient (Wildman–Crippen LogP) is 1.19. The molecule has 0 heterocycles. The van der Waals surface area contributed by atoms with Gasteiger partial charge in [0, 0.05) is 12.6 Å². The van der Waals surface area contributed by atoms with Gasteiger partial charge in [-0.25, -0.2) is 0 Å². The summed E-state index contributed by atoms with van der Waals surface area (Å²) in [5.41, 5.74) is 0. The highest BCUT2D eigenvalue weighted by Crippen LogP contribution is 2.10. The van der Waals surface area contributed by atoms with Crippen LogP contribution in [0.2, 0.25) is 0 Å². The molecule has 12 heavy (non-hydrogen) atoms. The van der Waals surface area contributed by atoms with Crippen molar-refractivity contribution >= 4 is 0 Å². The van der Waals surface area contributed by atoms with E-state index in [1.807, 2.05) is 0 Å². The van der Waals surface area contributed by atoms with E-state index in [9.17, 15) is 0 Å². The number of hydrogen-bond acceptors (Lipinski definition) is 2. The fraction of sp³-hybridized carbons (Fsp3) is 0.600. The van der Waals surface area contributed by atoms with Crippen molar-refractivity contribution in [2.75, 3.05) is 19.7 Å². The van der Waals surface area contributed by atoms with E-state index in [0.29, 0.717) is 6.04 Å². The first-order chi connectivity index (χ1) is 5.88. The van der Waals surface area contributed by atoms with Crippen LogP contribution in [-0.2, 0) is 0 Å². The maximum Gasteiger partial charge on any atom is 0.0558 e. The lowest BCUT2D eigenvalue weighted by atomic mass is 10.1. The van der Waals surface area contributed by atoms with Crippen molar-refractivity contribution < 1.29 is 5.11 Å². The Hall–Kier alpha value is -0.600. The van der Waals surface area contributed by atoms with Gasteiger partial charge in [-0.2, -0.15) is 0 Å². The molecular formula is C10H17NO. The molecule has 68 valence electrons. The molecule has 0 aromatic rings. The quantitative estimate of drug-likeness (QED) is 0.679. The number of aliphatic hydroxyl groups is 1. The average molecular weight is 167 g/mol. The summed E-state index contributed by atoms with van der Waals surface area (Å²) in [6.45, 7) is 4.16. The van der Waals surface area contributed by atoms with Crippen LogP contribution in [0.25, 0.3) is 0 Å². The first kappa shape index (κ1) is 9.49. The Balaban J connectivity index is 2.42. The number of likely N-dealkylation sites (N-methyl/N-ethyl adjacent to an activating group) is 1.